The second kappa shape index (κ2) is 5.55. The number of piperidine rings is 1. The first-order valence-electron chi connectivity index (χ1n) is 11.7. The normalized spacial score (nSPS) is 42.4. The summed E-state index contributed by atoms with van der Waals surface area (Å²) in [7, 11) is 28.3. The number of benzene rings is 1. The summed E-state index contributed by atoms with van der Waals surface area (Å²) < 4.78 is 12.9. The van der Waals surface area contributed by atoms with E-state index in [9.17, 15) is 5.11 Å². The first-order valence-corrected chi connectivity index (χ1v) is 11.7. The zero-order chi connectivity index (χ0) is 21.6. The predicted molar refractivity (Wildman–Crippen MR) is 121 cm³/mol. The smallest absolute Gasteiger partial charge is 0.165 e. The van der Waals surface area contributed by atoms with Gasteiger partial charge in [-0.2, -0.15) is 0 Å². The first kappa shape index (κ1) is 19.5. The molecule has 1 N–H and O–H groups in total. The van der Waals surface area contributed by atoms with Gasteiger partial charge in [-0.3, -0.25) is 0 Å². The van der Waals surface area contributed by atoms with Crippen molar-refractivity contribution in [3.63, 3.8) is 0 Å². The van der Waals surface area contributed by atoms with E-state index >= 15 is 0 Å². The van der Waals surface area contributed by atoms with Crippen molar-refractivity contribution >= 4 is 42.3 Å². The van der Waals surface area contributed by atoms with E-state index in [1.165, 1.54) is 0 Å². The molecule has 8 radical (unpaired) electrons. The number of likely N-dealkylation sites (tertiary alicyclic amines) is 1. The van der Waals surface area contributed by atoms with Gasteiger partial charge in [-0.15, -0.1) is 0 Å². The molecule has 31 heavy (non-hydrogen) atoms. The lowest BCUT2D eigenvalue weighted by Crippen LogP contribution is -2.81. The molecule has 2 aliphatic heterocycles. The second-order valence-corrected chi connectivity index (χ2v) is 11.1. The zero-order valence-corrected chi connectivity index (χ0v) is 18.1. The standard InChI is InChI=1S/C23H25B4NO3/c1-30-21-6-4-20(5-7-21)13-10-12-14-18(17(29)16(25)15(12)24)31-19(21)22(14,20)8-9-28(13)23(26,27)11-2-3-11/h11,13,19,29H,2-10H2,1H3/t13-,19+,20?,21?,22+/m1/s1. The van der Waals surface area contributed by atoms with Crippen LogP contribution in [0.3, 0.4) is 0 Å². The number of phenols is 1. The molecule has 8 heteroatoms. The molecule has 5 aliphatic carbocycles. The second-order valence-electron chi connectivity index (χ2n) is 11.1. The molecule has 7 aliphatic rings. The van der Waals surface area contributed by atoms with Gasteiger partial charge in [-0.25, -0.2) is 0 Å². The van der Waals surface area contributed by atoms with Crippen LogP contribution < -0.4 is 15.7 Å². The van der Waals surface area contributed by atoms with E-state index < -0.39 is 5.34 Å². The van der Waals surface area contributed by atoms with E-state index in [1.54, 1.807) is 7.11 Å². The van der Waals surface area contributed by atoms with Crippen LogP contribution in [0.25, 0.3) is 0 Å². The summed E-state index contributed by atoms with van der Waals surface area (Å²) in [5.74, 6) is 0.881. The van der Waals surface area contributed by atoms with Gasteiger partial charge in [-0.05, 0) is 74.8 Å². The molecule has 4 nitrogen and oxygen atoms in total. The van der Waals surface area contributed by atoms with Crippen LogP contribution in [0.4, 0.5) is 0 Å². The summed E-state index contributed by atoms with van der Waals surface area (Å²) in [6, 6.07) is 0.183. The van der Waals surface area contributed by atoms with E-state index in [2.05, 4.69) is 4.90 Å². The Labute approximate surface area is 189 Å². The number of hydrogen-bond donors (Lipinski definition) is 1. The number of phenolic OH excluding ortho intramolecular Hbond substituents is 1. The Kier molecular flexibility index (Phi) is 3.49. The fraction of sp³-hybridized carbons (Fsp3) is 0.739. The van der Waals surface area contributed by atoms with E-state index in [0.29, 0.717) is 17.1 Å². The molecular weight excluding hydrogens is 382 g/mol. The largest absolute Gasteiger partial charge is 0.505 e. The van der Waals surface area contributed by atoms with Crippen molar-refractivity contribution in [2.75, 3.05) is 13.7 Å². The predicted octanol–water partition coefficient (Wildman–Crippen LogP) is -0.0310. The molecule has 0 amide bonds. The van der Waals surface area contributed by atoms with Gasteiger partial charge in [0.25, 0.3) is 0 Å². The van der Waals surface area contributed by atoms with E-state index in [0.717, 1.165) is 69.0 Å². The molecular formula is C23H25B4NO3. The Morgan fingerprint density at radius 1 is 1.10 bits per heavy atom. The highest BCUT2D eigenvalue weighted by molar-refractivity contribution is 6.51. The first-order chi connectivity index (χ1) is 14.7. The van der Waals surface area contributed by atoms with Gasteiger partial charge in [0.05, 0.1) is 15.7 Å². The Bertz CT molecular complexity index is 1020. The molecule has 0 aromatic heterocycles. The van der Waals surface area contributed by atoms with E-state index in [-0.39, 0.29) is 39.8 Å². The summed E-state index contributed by atoms with van der Waals surface area (Å²) in [5.41, 5.74) is 2.22. The molecule has 4 saturated carbocycles. The summed E-state index contributed by atoms with van der Waals surface area (Å²) in [5, 5.41) is 10.2. The van der Waals surface area contributed by atoms with Gasteiger partial charge in [0.2, 0.25) is 0 Å². The summed E-state index contributed by atoms with van der Waals surface area (Å²) in [4.78, 5) is 2.40. The summed E-state index contributed by atoms with van der Waals surface area (Å²) >= 11 is 0. The highest BCUT2D eigenvalue weighted by atomic mass is 16.6. The average Bonchev–Trinajstić information content (AvgIpc) is 3.56. The monoisotopic (exact) mass is 407 g/mol. The van der Waals surface area contributed by atoms with Crippen molar-refractivity contribution in [2.45, 2.75) is 79.9 Å². The number of rotatable bonds is 3. The van der Waals surface area contributed by atoms with Crippen LogP contribution >= 0.6 is 0 Å². The molecule has 1 aromatic carbocycles. The quantitative estimate of drug-likeness (QED) is 0.716. The zero-order valence-electron chi connectivity index (χ0n) is 18.1. The van der Waals surface area contributed by atoms with Gasteiger partial charge in [0.1, 0.15) is 33.1 Å². The number of hydrogen-bond acceptors (Lipinski definition) is 4. The highest BCUT2D eigenvalue weighted by Gasteiger charge is 2.79. The van der Waals surface area contributed by atoms with Crippen LogP contribution in [-0.4, -0.2) is 78.1 Å². The third-order valence-electron chi connectivity index (χ3n) is 10.4. The van der Waals surface area contributed by atoms with Gasteiger partial charge in [0.15, 0.2) is 5.75 Å². The Morgan fingerprint density at radius 3 is 2.45 bits per heavy atom. The molecule has 8 rings (SSSR count). The number of aromatic hydroxyl groups is 1. The molecule has 2 heterocycles. The molecule has 3 atom stereocenters. The van der Waals surface area contributed by atoms with Crippen LogP contribution in [0.2, 0.25) is 0 Å². The summed E-state index contributed by atoms with van der Waals surface area (Å²) in [6.45, 7) is 0.819. The average molecular weight is 407 g/mol. The third kappa shape index (κ3) is 1.88. The maximum Gasteiger partial charge on any atom is 0.165 e. The molecule has 5 fully saturated rings. The summed E-state index contributed by atoms with van der Waals surface area (Å²) in [6.07, 6.45) is 7.65. The topological polar surface area (TPSA) is 41.9 Å². The highest BCUT2D eigenvalue weighted by Crippen LogP contribution is 2.75. The van der Waals surface area contributed by atoms with Gasteiger partial charge in [-0.1, -0.05) is 16.3 Å². The van der Waals surface area contributed by atoms with Crippen LogP contribution in [0.5, 0.6) is 11.5 Å². The molecule has 2 spiro atoms. The number of methoxy groups -OCH3 is 1. The molecule has 152 valence electrons. The number of nitrogens with zero attached hydrogens (tertiary/aromatic N) is 1. The van der Waals surface area contributed by atoms with Crippen LogP contribution in [0.1, 0.15) is 56.1 Å². The Balaban J connectivity index is 1.52. The van der Waals surface area contributed by atoms with Crippen LogP contribution in [0, 0.1) is 11.3 Å². The SMILES string of the molecule is [B]c1c([B])c2c3c(c1O)O[C@H]1C4(OC)CCC5(CC4)[C@@H](C2)N(C([B])([B])C2CC2)CC[C@]315. The van der Waals surface area contributed by atoms with E-state index in [4.69, 9.17) is 40.9 Å². The molecule has 0 unspecified atom stereocenters. The van der Waals surface area contributed by atoms with E-state index in [1.807, 2.05) is 0 Å². The lowest BCUT2D eigenvalue weighted by Gasteiger charge is -2.73. The number of fused-ring (bicyclic) bond motifs is 2. The van der Waals surface area contributed by atoms with Crippen molar-refractivity contribution in [1.82, 2.24) is 4.90 Å². The Hall–Kier alpha value is -1.00. The third-order valence-corrected chi connectivity index (χ3v) is 10.4. The minimum absolute atomic E-state index is 0.00770. The van der Waals surface area contributed by atoms with Crippen LogP contribution in [0.15, 0.2) is 0 Å². The minimum atomic E-state index is -0.805. The van der Waals surface area contributed by atoms with Gasteiger partial charge in [0, 0.05) is 24.1 Å². The van der Waals surface area contributed by atoms with Crippen molar-refractivity contribution in [3.8, 4) is 11.5 Å². The maximum absolute atomic E-state index is 11.0. The van der Waals surface area contributed by atoms with Crippen molar-refractivity contribution < 1.29 is 14.6 Å². The fourth-order valence-corrected chi connectivity index (χ4v) is 8.79. The van der Waals surface area contributed by atoms with Gasteiger partial charge >= 0.3 is 0 Å². The number of ether oxygens (including phenoxy) is 2. The minimum Gasteiger partial charge on any atom is -0.505 e. The molecule has 1 aromatic rings. The van der Waals surface area contributed by atoms with Gasteiger partial charge < -0.3 is 19.5 Å². The van der Waals surface area contributed by atoms with Crippen molar-refractivity contribution in [3.05, 3.63) is 11.1 Å². The molecule has 1 saturated heterocycles. The van der Waals surface area contributed by atoms with Crippen molar-refractivity contribution in [2.24, 2.45) is 11.3 Å². The molecule has 4 bridgehead atoms. The van der Waals surface area contributed by atoms with Crippen molar-refractivity contribution in [1.29, 1.82) is 0 Å². The van der Waals surface area contributed by atoms with Crippen LogP contribution in [-0.2, 0) is 16.6 Å². The lowest BCUT2D eigenvalue weighted by molar-refractivity contribution is -0.254. The Morgan fingerprint density at radius 2 is 1.81 bits per heavy atom. The maximum atomic E-state index is 11.0. The fourth-order valence-electron chi connectivity index (χ4n) is 8.79. The lowest BCUT2D eigenvalue weighted by atomic mass is 9.35.